The summed E-state index contributed by atoms with van der Waals surface area (Å²) < 4.78 is 0. The van der Waals surface area contributed by atoms with E-state index in [-0.39, 0.29) is 11.5 Å². The van der Waals surface area contributed by atoms with E-state index in [9.17, 15) is 0 Å². The van der Waals surface area contributed by atoms with Crippen LogP contribution in [-0.2, 0) is 18.3 Å². The minimum atomic E-state index is 0.140. The molecule has 0 aliphatic carbocycles. The summed E-state index contributed by atoms with van der Waals surface area (Å²) in [4.78, 5) is 4.48. The minimum absolute atomic E-state index is 0.140. The number of rotatable bonds is 4. The van der Waals surface area contributed by atoms with Crippen LogP contribution >= 0.6 is 11.3 Å². The van der Waals surface area contributed by atoms with Gasteiger partial charge in [-0.1, -0.05) is 45.0 Å². The van der Waals surface area contributed by atoms with Gasteiger partial charge in [-0.25, -0.2) is 4.98 Å². The summed E-state index contributed by atoms with van der Waals surface area (Å²) in [5.74, 6) is 0. The van der Waals surface area contributed by atoms with Gasteiger partial charge in [0.1, 0.15) is 0 Å². The molecule has 1 unspecified atom stereocenters. The fourth-order valence-corrected chi connectivity index (χ4v) is 3.10. The van der Waals surface area contributed by atoms with Crippen LogP contribution in [0.1, 0.15) is 42.6 Å². The molecule has 0 bridgehead atoms. The van der Waals surface area contributed by atoms with Crippen LogP contribution < -0.4 is 5.73 Å². The Morgan fingerprint density at radius 3 is 2.30 bits per heavy atom. The average Bonchev–Trinajstić information content (AvgIpc) is 2.74. The second kappa shape index (κ2) is 6.06. The number of aryl methyl sites for hydroxylation is 1. The molecule has 108 valence electrons. The number of nitrogens with zero attached hydrogens (tertiary/aromatic N) is 1. The molecule has 0 radical (unpaired) electrons. The second-order valence-electron chi connectivity index (χ2n) is 6.50. The monoisotopic (exact) mass is 288 g/mol. The molecule has 2 rings (SSSR count). The molecule has 1 aromatic heterocycles. The number of hydrogen-bond donors (Lipinski definition) is 1. The van der Waals surface area contributed by atoms with Gasteiger partial charge in [-0.2, -0.15) is 0 Å². The third-order valence-corrected chi connectivity index (χ3v) is 4.41. The predicted octanol–water partition coefficient (Wildman–Crippen LogP) is 3.86. The van der Waals surface area contributed by atoms with Gasteiger partial charge in [-0.05, 0) is 29.9 Å². The maximum Gasteiger partial charge on any atom is 0.0943 e. The molecule has 3 heteroatoms. The molecular formula is C17H24N2S. The van der Waals surface area contributed by atoms with E-state index in [1.165, 1.54) is 11.1 Å². The third kappa shape index (κ3) is 4.15. The van der Waals surface area contributed by atoms with Crippen LogP contribution in [0.25, 0.3) is 0 Å². The van der Waals surface area contributed by atoms with Crippen molar-refractivity contribution < 1.29 is 0 Å². The lowest BCUT2D eigenvalue weighted by Gasteiger charge is -2.19. The standard InChI is InChI=1S/C17H24N2S/c1-12-11-20-16(19-12)10-15(18)9-13-5-7-14(8-6-13)17(2,3)4/h5-8,11,15H,9-10,18H2,1-4H3. The van der Waals surface area contributed by atoms with Gasteiger partial charge in [-0.3, -0.25) is 0 Å². The highest BCUT2D eigenvalue weighted by Crippen LogP contribution is 2.22. The molecule has 1 aromatic carbocycles. The van der Waals surface area contributed by atoms with Crippen LogP contribution in [0, 0.1) is 6.92 Å². The molecule has 0 saturated heterocycles. The van der Waals surface area contributed by atoms with Gasteiger partial charge in [-0.15, -0.1) is 11.3 Å². The van der Waals surface area contributed by atoms with Gasteiger partial charge in [0.25, 0.3) is 0 Å². The van der Waals surface area contributed by atoms with Gasteiger partial charge in [0.2, 0.25) is 0 Å². The first-order valence-corrected chi connectivity index (χ1v) is 7.98. The van der Waals surface area contributed by atoms with Crippen molar-refractivity contribution >= 4 is 11.3 Å². The molecule has 1 atom stereocenters. The summed E-state index contributed by atoms with van der Waals surface area (Å²) in [5.41, 5.74) is 10.2. The molecule has 2 N–H and O–H groups in total. The molecule has 0 amide bonds. The number of hydrogen-bond acceptors (Lipinski definition) is 3. The summed E-state index contributed by atoms with van der Waals surface area (Å²) in [7, 11) is 0. The van der Waals surface area contributed by atoms with E-state index in [0.717, 1.165) is 23.5 Å². The van der Waals surface area contributed by atoms with Crippen molar-refractivity contribution in [2.45, 2.75) is 52.0 Å². The molecular weight excluding hydrogens is 264 g/mol. The first kappa shape index (κ1) is 15.2. The molecule has 20 heavy (non-hydrogen) atoms. The summed E-state index contributed by atoms with van der Waals surface area (Å²) in [5, 5.41) is 3.22. The molecule has 0 aliphatic rings. The van der Waals surface area contributed by atoms with E-state index in [1.807, 2.05) is 6.92 Å². The van der Waals surface area contributed by atoms with Crippen molar-refractivity contribution in [1.82, 2.24) is 4.98 Å². The van der Waals surface area contributed by atoms with E-state index in [4.69, 9.17) is 5.73 Å². The van der Waals surface area contributed by atoms with Crippen molar-refractivity contribution in [2.24, 2.45) is 5.73 Å². The Morgan fingerprint density at radius 1 is 1.15 bits per heavy atom. The molecule has 2 nitrogen and oxygen atoms in total. The highest BCUT2D eigenvalue weighted by atomic mass is 32.1. The third-order valence-electron chi connectivity index (χ3n) is 3.42. The van der Waals surface area contributed by atoms with Crippen molar-refractivity contribution in [1.29, 1.82) is 0 Å². The lowest BCUT2D eigenvalue weighted by atomic mass is 9.86. The smallest absolute Gasteiger partial charge is 0.0943 e. The maximum absolute atomic E-state index is 6.24. The molecule has 0 fully saturated rings. The summed E-state index contributed by atoms with van der Waals surface area (Å²) >= 11 is 1.70. The summed E-state index contributed by atoms with van der Waals surface area (Å²) in [6.45, 7) is 8.73. The average molecular weight is 288 g/mol. The van der Waals surface area contributed by atoms with Crippen molar-refractivity contribution in [3.63, 3.8) is 0 Å². The largest absolute Gasteiger partial charge is 0.327 e. The Bertz CT molecular complexity index is 549. The number of thiazole rings is 1. The molecule has 0 spiro atoms. The van der Waals surface area contributed by atoms with E-state index >= 15 is 0 Å². The highest BCUT2D eigenvalue weighted by molar-refractivity contribution is 7.09. The van der Waals surface area contributed by atoms with Crippen LogP contribution in [0.4, 0.5) is 0 Å². The first-order valence-electron chi connectivity index (χ1n) is 7.10. The zero-order chi connectivity index (χ0) is 14.8. The van der Waals surface area contributed by atoms with Crippen molar-refractivity contribution in [3.05, 3.63) is 51.5 Å². The van der Waals surface area contributed by atoms with Crippen LogP contribution in [0.5, 0.6) is 0 Å². The van der Waals surface area contributed by atoms with Gasteiger partial charge < -0.3 is 5.73 Å². The van der Waals surface area contributed by atoms with Crippen LogP contribution in [0.2, 0.25) is 0 Å². The SMILES string of the molecule is Cc1csc(CC(N)Cc2ccc(C(C)(C)C)cc2)n1. The predicted molar refractivity (Wildman–Crippen MR) is 87.4 cm³/mol. The van der Waals surface area contributed by atoms with Gasteiger partial charge in [0.15, 0.2) is 0 Å². The quantitative estimate of drug-likeness (QED) is 0.927. The van der Waals surface area contributed by atoms with Crippen LogP contribution in [0.3, 0.4) is 0 Å². The van der Waals surface area contributed by atoms with E-state index in [0.29, 0.717) is 0 Å². The summed E-state index contributed by atoms with van der Waals surface area (Å²) in [6.07, 6.45) is 1.77. The second-order valence-corrected chi connectivity index (χ2v) is 7.44. The van der Waals surface area contributed by atoms with Gasteiger partial charge in [0.05, 0.1) is 5.01 Å². The number of nitrogens with two attached hydrogens (primary N) is 1. The number of aromatic nitrogens is 1. The molecule has 0 saturated carbocycles. The van der Waals surface area contributed by atoms with Gasteiger partial charge in [0, 0.05) is 23.5 Å². The lowest BCUT2D eigenvalue weighted by molar-refractivity contribution is 0.589. The van der Waals surface area contributed by atoms with Gasteiger partial charge >= 0.3 is 0 Å². The van der Waals surface area contributed by atoms with Crippen molar-refractivity contribution in [2.75, 3.05) is 0 Å². The molecule has 2 aromatic rings. The highest BCUT2D eigenvalue weighted by Gasteiger charge is 2.13. The van der Waals surface area contributed by atoms with E-state index in [1.54, 1.807) is 11.3 Å². The normalized spacial score (nSPS) is 13.4. The Balaban J connectivity index is 1.96. The van der Waals surface area contributed by atoms with E-state index < -0.39 is 0 Å². The minimum Gasteiger partial charge on any atom is -0.327 e. The van der Waals surface area contributed by atoms with Crippen molar-refractivity contribution in [3.8, 4) is 0 Å². The summed E-state index contributed by atoms with van der Waals surface area (Å²) in [6, 6.07) is 8.98. The Morgan fingerprint density at radius 2 is 1.80 bits per heavy atom. The van der Waals surface area contributed by atoms with Crippen LogP contribution in [0.15, 0.2) is 29.6 Å². The Labute approximate surface area is 126 Å². The Kier molecular flexibility index (Phi) is 4.61. The zero-order valence-corrected chi connectivity index (χ0v) is 13.6. The Hall–Kier alpha value is -1.19. The van der Waals surface area contributed by atoms with Crippen LogP contribution in [-0.4, -0.2) is 11.0 Å². The first-order chi connectivity index (χ1) is 9.34. The topological polar surface area (TPSA) is 38.9 Å². The molecule has 0 aliphatic heterocycles. The molecule has 1 heterocycles. The lowest BCUT2D eigenvalue weighted by Crippen LogP contribution is -2.25. The maximum atomic E-state index is 6.24. The number of benzene rings is 1. The van der Waals surface area contributed by atoms with E-state index in [2.05, 4.69) is 55.4 Å². The fourth-order valence-electron chi connectivity index (χ4n) is 2.24. The zero-order valence-electron chi connectivity index (χ0n) is 12.8. The fraction of sp³-hybridized carbons (Fsp3) is 0.471.